The second-order valence-electron chi connectivity index (χ2n) is 6.28. The molecular weight excluding hydrogens is 304 g/mol. The topological polar surface area (TPSA) is 64.8 Å². The lowest BCUT2D eigenvalue weighted by Crippen LogP contribution is -2.52. The molecule has 1 saturated heterocycles. The Kier molecular flexibility index (Phi) is 6.67. The molecule has 0 aliphatic carbocycles. The maximum absolute atomic E-state index is 12.5. The first-order chi connectivity index (χ1) is 11.6. The van der Waals surface area contributed by atoms with Crippen LogP contribution in [0.4, 0.5) is 0 Å². The van der Waals surface area contributed by atoms with E-state index in [1.54, 1.807) is 7.11 Å². The number of nitrogens with two attached hydrogens (primary N) is 1. The molecule has 2 rings (SSSR count). The number of ether oxygens (including phenoxy) is 2. The van der Waals surface area contributed by atoms with Gasteiger partial charge in [-0.15, -0.1) is 6.58 Å². The molecule has 24 heavy (non-hydrogen) atoms. The molecule has 2 unspecified atom stereocenters. The number of likely N-dealkylation sites (tertiary alicyclic amines) is 1. The van der Waals surface area contributed by atoms with Gasteiger partial charge in [0.25, 0.3) is 5.91 Å². The van der Waals surface area contributed by atoms with E-state index < -0.39 is 0 Å². The summed E-state index contributed by atoms with van der Waals surface area (Å²) >= 11 is 0. The van der Waals surface area contributed by atoms with Crippen molar-refractivity contribution in [1.82, 2.24) is 4.90 Å². The van der Waals surface area contributed by atoms with Crippen LogP contribution in [0.15, 0.2) is 30.9 Å². The van der Waals surface area contributed by atoms with Gasteiger partial charge in [0.05, 0.1) is 7.11 Å². The van der Waals surface area contributed by atoms with Crippen LogP contribution in [0.1, 0.15) is 31.7 Å². The minimum atomic E-state index is -0.0260. The van der Waals surface area contributed by atoms with Crippen LogP contribution in [0.5, 0.6) is 11.5 Å². The normalized spacial score (nSPS) is 18.8. The zero-order valence-corrected chi connectivity index (χ0v) is 14.7. The number of methoxy groups -OCH3 is 1. The van der Waals surface area contributed by atoms with Crippen LogP contribution < -0.4 is 15.2 Å². The van der Waals surface area contributed by atoms with Gasteiger partial charge < -0.3 is 20.1 Å². The van der Waals surface area contributed by atoms with E-state index in [4.69, 9.17) is 15.2 Å². The number of benzene rings is 1. The van der Waals surface area contributed by atoms with E-state index in [1.165, 1.54) is 0 Å². The highest BCUT2D eigenvalue weighted by Crippen LogP contribution is 2.28. The highest BCUT2D eigenvalue weighted by atomic mass is 16.5. The Morgan fingerprint density at radius 1 is 1.46 bits per heavy atom. The standard InChI is InChI=1S/C19H28N2O3/c1-4-7-15-9-10-17(18(12-15)23-3)24-13-19(22)21-11-6-5-8-16(21)14(2)20/h4,9-10,12,14,16H,1,5-8,11,13,20H2,2-3H3. The third kappa shape index (κ3) is 4.51. The third-order valence-electron chi connectivity index (χ3n) is 4.44. The monoisotopic (exact) mass is 332 g/mol. The number of carbonyl (C=O) groups excluding carboxylic acids is 1. The van der Waals surface area contributed by atoms with Crippen molar-refractivity contribution in [3.05, 3.63) is 36.4 Å². The Hall–Kier alpha value is -2.01. The average molecular weight is 332 g/mol. The van der Waals surface area contributed by atoms with Crippen LogP contribution in [0.25, 0.3) is 0 Å². The summed E-state index contributed by atoms with van der Waals surface area (Å²) in [6.07, 6.45) is 5.70. The molecule has 0 spiro atoms. The molecule has 0 saturated carbocycles. The number of piperidine rings is 1. The Labute approximate surface area is 144 Å². The summed E-state index contributed by atoms with van der Waals surface area (Å²) in [5.41, 5.74) is 7.12. The first kappa shape index (κ1) is 18.3. The summed E-state index contributed by atoms with van der Waals surface area (Å²) in [5.74, 6) is 1.19. The number of allylic oxidation sites excluding steroid dienone is 1. The van der Waals surface area contributed by atoms with Crippen molar-refractivity contribution in [3.8, 4) is 11.5 Å². The highest BCUT2D eigenvalue weighted by Gasteiger charge is 2.29. The maximum Gasteiger partial charge on any atom is 0.260 e. The fourth-order valence-electron chi connectivity index (χ4n) is 3.16. The van der Waals surface area contributed by atoms with E-state index >= 15 is 0 Å². The number of carbonyl (C=O) groups is 1. The molecule has 1 aliphatic rings. The van der Waals surface area contributed by atoms with Crippen LogP contribution >= 0.6 is 0 Å². The fraction of sp³-hybridized carbons (Fsp3) is 0.526. The SMILES string of the molecule is C=CCc1ccc(OCC(=O)N2CCCCC2C(C)N)c(OC)c1. The van der Waals surface area contributed by atoms with Crippen molar-refractivity contribution in [2.24, 2.45) is 5.73 Å². The number of hydrogen-bond acceptors (Lipinski definition) is 4. The predicted molar refractivity (Wildman–Crippen MR) is 95.4 cm³/mol. The predicted octanol–water partition coefficient (Wildman–Crippen LogP) is 2.53. The lowest BCUT2D eigenvalue weighted by atomic mass is 9.97. The highest BCUT2D eigenvalue weighted by molar-refractivity contribution is 5.78. The molecule has 1 aromatic rings. The van der Waals surface area contributed by atoms with Gasteiger partial charge in [-0.05, 0) is 50.3 Å². The third-order valence-corrected chi connectivity index (χ3v) is 4.44. The summed E-state index contributed by atoms with van der Waals surface area (Å²) in [6.45, 7) is 6.44. The van der Waals surface area contributed by atoms with Gasteiger partial charge in [0.15, 0.2) is 18.1 Å². The molecule has 5 nitrogen and oxygen atoms in total. The van der Waals surface area contributed by atoms with E-state index in [0.717, 1.165) is 37.8 Å². The molecule has 1 aromatic carbocycles. The second-order valence-corrected chi connectivity index (χ2v) is 6.28. The minimum Gasteiger partial charge on any atom is -0.493 e. The van der Waals surface area contributed by atoms with Gasteiger partial charge in [0.2, 0.25) is 0 Å². The molecule has 0 aromatic heterocycles. The van der Waals surface area contributed by atoms with Gasteiger partial charge in [-0.3, -0.25) is 4.79 Å². The lowest BCUT2D eigenvalue weighted by molar-refractivity contribution is -0.137. The molecule has 132 valence electrons. The molecule has 1 fully saturated rings. The second kappa shape index (κ2) is 8.73. The Bertz CT molecular complexity index is 572. The summed E-state index contributed by atoms with van der Waals surface area (Å²) in [4.78, 5) is 14.4. The van der Waals surface area contributed by atoms with Crippen molar-refractivity contribution in [2.75, 3.05) is 20.3 Å². The molecule has 0 radical (unpaired) electrons. The van der Waals surface area contributed by atoms with Crippen LogP contribution in [0, 0.1) is 0 Å². The van der Waals surface area contributed by atoms with Crippen molar-refractivity contribution >= 4 is 5.91 Å². The van der Waals surface area contributed by atoms with E-state index in [2.05, 4.69) is 6.58 Å². The minimum absolute atomic E-state index is 0.000382. The van der Waals surface area contributed by atoms with Gasteiger partial charge in [-0.25, -0.2) is 0 Å². The largest absolute Gasteiger partial charge is 0.493 e. The smallest absolute Gasteiger partial charge is 0.260 e. The zero-order chi connectivity index (χ0) is 17.5. The molecular formula is C19H28N2O3. The summed E-state index contributed by atoms with van der Waals surface area (Å²) < 4.78 is 11.1. The summed E-state index contributed by atoms with van der Waals surface area (Å²) in [5, 5.41) is 0. The van der Waals surface area contributed by atoms with E-state index in [1.807, 2.05) is 36.1 Å². The fourth-order valence-corrected chi connectivity index (χ4v) is 3.16. The van der Waals surface area contributed by atoms with Crippen molar-refractivity contribution in [3.63, 3.8) is 0 Å². The van der Waals surface area contributed by atoms with E-state index in [0.29, 0.717) is 11.5 Å². The van der Waals surface area contributed by atoms with Crippen LogP contribution in [0.2, 0.25) is 0 Å². The van der Waals surface area contributed by atoms with Crippen molar-refractivity contribution in [1.29, 1.82) is 0 Å². The first-order valence-electron chi connectivity index (χ1n) is 8.52. The van der Waals surface area contributed by atoms with Gasteiger partial charge in [0, 0.05) is 18.6 Å². The van der Waals surface area contributed by atoms with Gasteiger partial charge in [0.1, 0.15) is 0 Å². The summed E-state index contributed by atoms with van der Waals surface area (Å²) in [7, 11) is 1.60. The Morgan fingerprint density at radius 3 is 2.92 bits per heavy atom. The van der Waals surface area contributed by atoms with Crippen LogP contribution in [-0.2, 0) is 11.2 Å². The number of hydrogen-bond donors (Lipinski definition) is 1. The molecule has 1 amide bonds. The van der Waals surface area contributed by atoms with Crippen molar-refractivity contribution in [2.45, 2.75) is 44.7 Å². The number of nitrogens with zero attached hydrogens (tertiary/aromatic N) is 1. The molecule has 2 N–H and O–H groups in total. The van der Waals surface area contributed by atoms with Crippen LogP contribution in [0.3, 0.4) is 0 Å². The maximum atomic E-state index is 12.5. The van der Waals surface area contributed by atoms with Gasteiger partial charge in [-0.1, -0.05) is 12.1 Å². The number of rotatable bonds is 7. The molecule has 5 heteroatoms. The summed E-state index contributed by atoms with van der Waals surface area (Å²) in [6, 6.07) is 5.78. The van der Waals surface area contributed by atoms with Crippen LogP contribution in [-0.4, -0.2) is 43.2 Å². The zero-order valence-electron chi connectivity index (χ0n) is 14.7. The van der Waals surface area contributed by atoms with Gasteiger partial charge in [-0.2, -0.15) is 0 Å². The molecule has 1 aliphatic heterocycles. The average Bonchev–Trinajstić information content (AvgIpc) is 2.60. The quantitative estimate of drug-likeness (QED) is 0.779. The Balaban J connectivity index is 2.01. The van der Waals surface area contributed by atoms with Crippen molar-refractivity contribution < 1.29 is 14.3 Å². The molecule has 1 heterocycles. The van der Waals surface area contributed by atoms with E-state index in [9.17, 15) is 4.79 Å². The number of amides is 1. The van der Waals surface area contributed by atoms with E-state index in [-0.39, 0.29) is 24.6 Å². The van der Waals surface area contributed by atoms with Gasteiger partial charge >= 0.3 is 0 Å². The Morgan fingerprint density at radius 2 is 2.25 bits per heavy atom. The lowest BCUT2D eigenvalue weighted by Gasteiger charge is -2.38. The molecule has 2 atom stereocenters. The molecule has 0 bridgehead atoms. The first-order valence-corrected chi connectivity index (χ1v) is 8.52.